The molecular formula is C13H20O6. The van der Waals surface area contributed by atoms with Crippen molar-refractivity contribution in [2.24, 2.45) is 5.92 Å². The van der Waals surface area contributed by atoms with Gasteiger partial charge in [0.05, 0.1) is 6.61 Å². The predicted octanol–water partition coefficient (Wildman–Crippen LogP) is 1.17. The summed E-state index contributed by atoms with van der Waals surface area (Å²) >= 11 is 0. The Hall–Kier alpha value is -1.43. The fourth-order valence-corrected chi connectivity index (χ4v) is 1.85. The van der Waals surface area contributed by atoms with Gasteiger partial charge in [-0.15, -0.1) is 0 Å². The lowest BCUT2D eigenvalue weighted by atomic mass is 9.93. The maximum atomic E-state index is 11.7. The molecule has 2 unspecified atom stereocenters. The maximum Gasteiger partial charge on any atom is 0.335 e. The second-order valence-electron chi connectivity index (χ2n) is 5.67. The monoisotopic (exact) mass is 272 g/mol. The molecule has 0 aromatic carbocycles. The molecule has 1 fully saturated rings. The van der Waals surface area contributed by atoms with Crippen LogP contribution in [0.15, 0.2) is 0 Å². The van der Waals surface area contributed by atoms with Gasteiger partial charge in [-0.1, -0.05) is 0 Å². The number of carboxylic acids is 1. The topological polar surface area (TPSA) is 89.9 Å². The molecule has 0 saturated carbocycles. The van der Waals surface area contributed by atoms with Gasteiger partial charge in [-0.05, 0) is 33.6 Å². The van der Waals surface area contributed by atoms with Crippen molar-refractivity contribution in [3.8, 4) is 0 Å². The highest BCUT2D eigenvalue weighted by atomic mass is 16.6. The smallest absolute Gasteiger partial charge is 0.335 e. The fraction of sp³-hybridized carbons (Fsp3) is 0.769. The van der Waals surface area contributed by atoms with E-state index in [2.05, 4.69) is 0 Å². The quantitative estimate of drug-likeness (QED) is 0.610. The number of carbonyl (C=O) groups excluding carboxylic acids is 2. The highest BCUT2D eigenvalue weighted by Crippen LogP contribution is 2.23. The van der Waals surface area contributed by atoms with Crippen LogP contribution in [0.4, 0.5) is 0 Å². The van der Waals surface area contributed by atoms with E-state index < -0.39 is 36.0 Å². The Morgan fingerprint density at radius 2 is 1.89 bits per heavy atom. The van der Waals surface area contributed by atoms with Gasteiger partial charge in [0.15, 0.2) is 6.10 Å². The molecule has 1 heterocycles. The van der Waals surface area contributed by atoms with Crippen LogP contribution in [-0.2, 0) is 23.9 Å². The molecule has 2 atom stereocenters. The van der Waals surface area contributed by atoms with Crippen LogP contribution in [0.1, 0.15) is 40.0 Å². The van der Waals surface area contributed by atoms with Crippen molar-refractivity contribution in [2.45, 2.75) is 51.7 Å². The summed E-state index contributed by atoms with van der Waals surface area (Å²) < 4.78 is 10.5. The van der Waals surface area contributed by atoms with E-state index in [-0.39, 0.29) is 12.4 Å². The number of esters is 1. The molecule has 19 heavy (non-hydrogen) atoms. The Kier molecular flexibility index (Phi) is 5.05. The Balaban J connectivity index is 2.42. The fourth-order valence-electron chi connectivity index (χ4n) is 1.85. The molecule has 0 aliphatic carbocycles. The number of carbonyl (C=O) groups is 3. The van der Waals surface area contributed by atoms with Gasteiger partial charge in [-0.25, -0.2) is 4.79 Å². The Morgan fingerprint density at radius 1 is 1.26 bits per heavy atom. The van der Waals surface area contributed by atoms with Crippen molar-refractivity contribution in [1.82, 2.24) is 0 Å². The number of rotatable bonds is 4. The average molecular weight is 272 g/mol. The Labute approximate surface area is 112 Å². The number of hydrogen-bond donors (Lipinski definition) is 1. The van der Waals surface area contributed by atoms with Crippen molar-refractivity contribution in [3.05, 3.63) is 0 Å². The summed E-state index contributed by atoms with van der Waals surface area (Å²) in [6.07, 6.45) is -0.320. The lowest BCUT2D eigenvalue weighted by Gasteiger charge is -2.29. The number of ether oxygens (including phenoxy) is 2. The Morgan fingerprint density at radius 3 is 2.32 bits per heavy atom. The van der Waals surface area contributed by atoms with Crippen molar-refractivity contribution in [1.29, 1.82) is 0 Å². The molecule has 0 bridgehead atoms. The molecule has 0 amide bonds. The van der Waals surface area contributed by atoms with Crippen molar-refractivity contribution in [2.75, 3.05) is 6.61 Å². The van der Waals surface area contributed by atoms with Gasteiger partial charge in [0.1, 0.15) is 17.8 Å². The number of hydrogen-bond acceptors (Lipinski definition) is 5. The second kappa shape index (κ2) is 6.14. The summed E-state index contributed by atoms with van der Waals surface area (Å²) in [5.74, 6) is -2.36. The summed E-state index contributed by atoms with van der Waals surface area (Å²) in [6, 6.07) is 0. The second-order valence-corrected chi connectivity index (χ2v) is 5.67. The minimum absolute atomic E-state index is 0.0794. The van der Waals surface area contributed by atoms with E-state index in [4.69, 9.17) is 14.6 Å². The molecule has 1 saturated heterocycles. The van der Waals surface area contributed by atoms with Gasteiger partial charge in [-0.2, -0.15) is 0 Å². The van der Waals surface area contributed by atoms with Gasteiger partial charge < -0.3 is 14.6 Å². The van der Waals surface area contributed by atoms with Crippen LogP contribution >= 0.6 is 0 Å². The van der Waals surface area contributed by atoms with E-state index >= 15 is 0 Å². The molecule has 6 heteroatoms. The minimum atomic E-state index is -1.14. The first-order valence-corrected chi connectivity index (χ1v) is 6.28. The number of ketones is 1. The van der Waals surface area contributed by atoms with Crippen molar-refractivity contribution >= 4 is 17.7 Å². The number of aliphatic carboxylic acids is 1. The van der Waals surface area contributed by atoms with Crippen LogP contribution in [-0.4, -0.2) is 41.1 Å². The molecule has 6 nitrogen and oxygen atoms in total. The first-order valence-electron chi connectivity index (χ1n) is 6.28. The van der Waals surface area contributed by atoms with Crippen LogP contribution in [0.2, 0.25) is 0 Å². The van der Waals surface area contributed by atoms with Crippen LogP contribution in [0, 0.1) is 5.92 Å². The zero-order chi connectivity index (χ0) is 14.6. The normalized spacial score (nSPS) is 23.7. The van der Waals surface area contributed by atoms with Gasteiger partial charge in [0, 0.05) is 5.92 Å². The summed E-state index contributed by atoms with van der Waals surface area (Å²) in [7, 11) is 0. The molecule has 0 spiro atoms. The van der Waals surface area contributed by atoms with Crippen LogP contribution in [0.25, 0.3) is 0 Å². The van der Waals surface area contributed by atoms with E-state index in [1.54, 1.807) is 20.8 Å². The summed E-state index contributed by atoms with van der Waals surface area (Å²) in [4.78, 5) is 33.7. The maximum absolute atomic E-state index is 11.7. The Bertz CT molecular complexity index is 360. The molecule has 1 aliphatic heterocycles. The molecule has 0 radical (unpaired) electrons. The van der Waals surface area contributed by atoms with E-state index in [0.29, 0.717) is 12.8 Å². The average Bonchev–Trinajstić information content (AvgIpc) is 2.26. The van der Waals surface area contributed by atoms with Gasteiger partial charge in [0.2, 0.25) is 0 Å². The minimum Gasteiger partial charge on any atom is -0.481 e. The molecule has 1 N–H and O–H groups in total. The van der Waals surface area contributed by atoms with Crippen molar-refractivity contribution in [3.63, 3.8) is 0 Å². The molecule has 0 aromatic heterocycles. The summed E-state index contributed by atoms with van der Waals surface area (Å²) in [5.41, 5.74) is -0.573. The predicted molar refractivity (Wildman–Crippen MR) is 65.6 cm³/mol. The van der Waals surface area contributed by atoms with Crippen LogP contribution in [0.5, 0.6) is 0 Å². The molecule has 108 valence electrons. The van der Waals surface area contributed by atoms with Crippen LogP contribution < -0.4 is 0 Å². The summed E-state index contributed by atoms with van der Waals surface area (Å²) in [6.45, 7) is 5.39. The zero-order valence-electron chi connectivity index (χ0n) is 11.5. The van der Waals surface area contributed by atoms with E-state index in [1.165, 1.54) is 0 Å². The van der Waals surface area contributed by atoms with Crippen LogP contribution in [0.3, 0.4) is 0 Å². The molecular weight excluding hydrogens is 252 g/mol. The van der Waals surface area contributed by atoms with Crippen molar-refractivity contribution < 1.29 is 29.0 Å². The van der Waals surface area contributed by atoms with E-state index in [1.807, 2.05) is 0 Å². The first-order chi connectivity index (χ1) is 8.69. The lowest BCUT2D eigenvalue weighted by molar-refractivity contribution is -0.174. The highest BCUT2D eigenvalue weighted by molar-refractivity contribution is 5.96. The highest BCUT2D eigenvalue weighted by Gasteiger charge is 2.33. The summed E-state index contributed by atoms with van der Waals surface area (Å²) in [5, 5.41) is 8.55. The zero-order valence-corrected chi connectivity index (χ0v) is 11.5. The third-order valence-corrected chi connectivity index (χ3v) is 2.73. The van der Waals surface area contributed by atoms with E-state index in [9.17, 15) is 14.4 Å². The molecule has 1 aliphatic rings. The number of Topliss-reactive ketones (excluding diaryl/α,β-unsaturated/α-hetero) is 1. The lowest BCUT2D eigenvalue weighted by Crippen LogP contribution is -2.39. The molecule has 1 rings (SSSR count). The third kappa shape index (κ3) is 5.38. The number of carboxylic acid groups (broad SMARTS) is 1. The van der Waals surface area contributed by atoms with Gasteiger partial charge >= 0.3 is 11.9 Å². The van der Waals surface area contributed by atoms with Gasteiger partial charge in [0.25, 0.3) is 0 Å². The largest absolute Gasteiger partial charge is 0.481 e. The first kappa shape index (κ1) is 15.6. The molecule has 0 aromatic rings. The SMILES string of the molecule is CC(C)(C)OC(=O)C1CCC(C(=O)CC(=O)O)CO1. The van der Waals surface area contributed by atoms with E-state index in [0.717, 1.165) is 0 Å². The van der Waals surface area contributed by atoms with Gasteiger partial charge in [-0.3, -0.25) is 9.59 Å². The standard InChI is InChI=1S/C13H20O6/c1-13(2,3)19-12(17)10-5-4-8(7-18-10)9(14)6-11(15)16/h8,10H,4-7H2,1-3H3,(H,15,16). The third-order valence-electron chi connectivity index (χ3n) is 2.73.